The summed E-state index contributed by atoms with van der Waals surface area (Å²) in [6, 6.07) is 5.87. The van der Waals surface area contributed by atoms with Gasteiger partial charge in [0, 0.05) is 18.7 Å². The fourth-order valence-corrected chi connectivity index (χ4v) is 2.15. The molecule has 94 valence electrons. The van der Waals surface area contributed by atoms with Gasteiger partial charge in [0.15, 0.2) is 11.6 Å². The maximum Gasteiger partial charge on any atom is 0.197 e. The van der Waals surface area contributed by atoms with E-state index in [9.17, 15) is 0 Å². The Hall–Kier alpha value is -1.84. The van der Waals surface area contributed by atoms with Gasteiger partial charge in [0.05, 0.1) is 0 Å². The van der Waals surface area contributed by atoms with Crippen molar-refractivity contribution in [1.82, 2.24) is 9.97 Å². The lowest BCUT2D eigenvalue weighted by molar-refractivity contribution is 0.515. The zero-order valence-corrected chi connectivity index (χ0v) is 10.7. The van der Waals surface area contributed by atoms with Crippen molar-refractivity contribution in [3.63, 3.8) is 0 Å². The SMILES string of the molecule is CCNc1ccnc(-c2ccc(C3CC3C)o2)n1. The van der Waals surface area contributed by atoms with E-state index in [1.165, 1.54) is 6.42 Å². The van der Waals surface area contributed by atoms with Gasteiger partial charge in [0.25, 0.3) is 0 Å². The molecule has 1 fully saturated rings. The van der Waals surface area contributed by atoms with Gasteiger partial charge in [-0.3, -0.25) is 0 Å². The van der Waals surface area contributed by atoms with Gasteiger partial charge < -0.3 is 9.73 Å². The fourth-order valence-electron chi connectivity index (χ4n) is 2.15. The van der Waals surface area contributed by atoms with Crippen molar-refractivity contribution < 1.29 is 4.42 Å². The Morgan fingerprint density at radius 3 is 2.94 bits per heavy atom. The second kappa shape index (κ2) is 4.44. The Morgan fingerprint density at radius 1 is 1.39 bits per heavy atom. The van der Waals surface area contributed by atoms with E-state index in [1.54, 1.807) is 6.20 Å². The van der Waals surface area contributed by atoms with Gasteiger partial charge in [-0.1, -0.05) is 6.92 Å². The molecule has 2 atom stereocenters. The van der Waals surface area contributed by atoms with Crippen LogP contribution in [0.3, 0.4) is 0 Å². The number of nitrogens with one attached hydrogen (secondary N) is 1. The molecule has 18 heavy (non-hydrogen) atoms. The molecule has 0 bridgehead atoms. The molecule has 2 aromatic rings. The predicted molar refractivity (Wildman–Crippen MR) is 70.4 cm³/mol. The lowest BCUT2D eigenvalue weighted by atomic mass is 10.3. The number of hydrogen-bond acceptors (Lipinski definition) is 4. The van der Waals surface area contributed by atoms with Crippen molar-refractivity contribution in [2.45, 2.75) is 26.2 Å². The van der Waals surface area contributed by atoms with Crippen LogP contribution in [0.4, 0.5) is 5.82 Å². The highest BCUT2D eigenvalue weighted by molar-refractivity contribution is 5.51. The first-order valence-electron chi connectivity index (χ1n) is 6.45. The highest BCUT2D eigenvalue weighted by atomic mass is 16.3. The summed E-state index contributed by atoms with van der Waals surface area (Å²) in [4.78, 5) is 8.69. The van der Waals surface area contributed by atoms with E-state index >= 15 is 0 Å². The maximum absolute atomic E-state index is 5.84. The second-order valence-corrected chi connectivity index (χ2v) is 4.82. The van der Waals surface area contributed by atoms with Gasteiger partial charge in [-0.05, 0) is 37.5 Å². The molecule has 0 aromatic carbocycles. The Labute approximate surface area is 106 Å². The molecule has 0 spiro atoms. The van der Waals surface area contributed by atoms with E-state index in [0.29, 0.717) is 11.7 Å². The maximum atomic E-state index is 5.84. The van der Waals surface area contributed by atoms with E-state index in [4.69, 9.17) is 4.42 Å². The van der Waals surface area contributed by atoms with Crippen LogP contribution >= 0.6 is 0 Å². The topological polar surface area (TPSA) is 51.0 Å². The van der Waals surface area contributed by atoms with Gasteiger partial charge in [0.2, 0.25) is 0 Å². The molecule has 0 amide bonds. The molecule has 4 nitrogen and oxygen atoms in total. The third kappa shape index (κ3) is 2.10. The fraction of sp³-hybridized carbons (Fsp3) is 0.429. The van der Waals surface area contributed by atoms with Crippen LogP contribution in [0.1, 0.15) is 31.9 Å². The van der Waals surface area contributed by atoms with Crippen molar-refractivity contribution >= 4 is 5.82 Å². The highest BCUT2D eigenvalue weighted by Crippen LogP contribution is 2.47. The van der Waals surface area contributed by atoms with Gasteiger partial charge in [-0.15, -0.1) is 0 Å². The largest absolute Gasteiger partial charge is 0.457 e. The Kier molecular flexibility index (Phi) is 2.78. The number of rotatable bonds is 4. The van der Waals surface area contributed by atoms with Crippen molar-refractivity contribution in [2.24, 2.45) is 5.92 Å². The summed E-state index contributed by atoms with van der Waals surface area (Å²) < 4.78 is 5.84. The van der Waals surface area contributed by atoms with Gasteiger partial charge >= 0.3 is 0 Å². The quantitative estimate of drug-likeness (QED) is 0.895. The van der Waals surface area contributed by atoms with Crippen molar-refractivity contribution in [1.29, 1.82) is 0 Å². The molecule has 2 heterocycles. The molecule has 2 unspecified atom stereocenters. The van der Waals surface area contributed by atoms with Gasteiger partial charge in [-0.25, -0.2) is 9.97 Å². The van der Waals surface area contributed by atoms with Crippen molar-refractivity contribution in [3.8, 4) is 11.6 Å². The number of furan rings is 1. The zero-order valence-electron chi connectivity index (χ0n) is 10.7. The average molecular weight is 243 g/mol. The number of hydrogen-bond donors (Lipinski definition) is 1. The Balaban J connectivity index is 1.85. The van der Waals surface area contributed by atoms with Crippen LogP contribution in [-0.2, 0) is 0 Å². The van der Waals surface area contributed by atoms with Gasteiger partial charge in [-0.2, -0.15) is 0 Å². The number of nitrogens with zero attached hydrogens (tertiary/aromatic N) is 2. The molecule has 0 saturated heterocycles. The predicted octanol–water partition coefficient (Wildman–Crippen LogP) is 3.29. The van der Waals surface area contributed by atoms with Crippen molar-refractivity contribution in [2.75, 3.05) is 11.9 Å². The summed E-state index contributed by atoms with van der Waals surface area (Å²) in [5, 5.41) is 3.17. The average Bonchev–Trinajstić information content (AvgIpc) is 2.93. The third-order valence-corrected chi connectivity index (χ3v) is 3.34. The summed E-state index contributed by atoms with van der Waals surface area (Å²) in [5.74, 6) is 4.64. The van der Waals surface area contributed by atoms with Crippen LogP contribution in [0.15, 0.2) is 28.8 Å². The van der Waals surface area contributed by atoms with Crippen LogP contribution in [0, 0.1) is 5.92 Å². The first kappa shape index (κ1) is 11.3. The molecular formula is C14H17N3O. The molecule has 1 aliphatic carbocycles. The Morgan fingerprint density at radius 2 is 2.22 bits per heavy atom. The highest BCUT2D eigenvalue weighted by Gasteiger charge is 2.36. The summed E-state index contributed by atoms with van der Waals surface area (Å²) in [6.45, 7) is 5.13. The molecule has 1 saturated carbocycles. The van der Waals surface area contributed by atoms with Gasteiger partial charge in [0.1, 0.15) is 11.6 Å². The molecular weight excluding hydrogens is 226 g/mol. The molecule has 0 radical (unpaired) electrons. The normalized spacial score (nSPS) is 21.9. The first-order chi connectivity index (χ1) is 8.78. The molecule has 2 aromatic heterocycles. The lowest BCUT2D eigenvalue weighted by Gasteiger charge is -2.02. The Bertz CT molecular complexity index is 549. The molecule has 4 heteroatoms. The van der Waals surface area contributed by atoms with Crippen LogP contribution in [0.2, 0.25) is 0 Å². The summed E-state index contributed by atoms with van der Waals surface area (Å²) in [5.41, 5.74) is 0. The van der Waals surface area contributed by atoms with E-state index < -0.39 is 0 Å². The van der Waals surface area contributed by atoms with Crippen LogP contribution < -0.4 is 5.32 Å². The number of aromatic nitrogens is 2. The van der Waals surface area contributed by atoms with E-state index in [-0.39, 0.29) is 0 Å². The lowest BCUT2D eigenvalue weighted by Crippen LogP contribution is -2.00. The second-order valence-electron chi connectivity index (χ2n) is 4.82. The monoisotopic (exact) mass is 243 g/mol. The van der Waals surface area contributed by atoms with E-state index in [0.717, 1.165) is 29.8 Å². The minimum absolute atomic E-state index is 0.593. The van der Waals surface area contributed by atoms with Crippen LogP contribution in [-0.4, -0.2) is 16.5 Å². The summed E-state index contributed by atoms with van der Waals surface area (Å²) in [6.07, 6.45) is 2.98. The molecule has 1 aliphatic rings. The smallest absolute Gasteiger partial charge is 0.197 e. The molecule has 3 rings (SSSR count). The van der Waals surface area contributed by atoms with E-state index in [2.05, 4.69) is 22.2 Å². The molecule has 1 N–H and O–H groups in total. The first-order valence-corrected chi connectivity index (χ1v) is 6.45. The number of anilines is 1. The van der Waals surface area contributed by atoms with E-state index in [1.807, 2.05) is 25.1 Å². The minimum Gasteiger partial charge on any atom is -0.457 e. The third-order valence-electron chi connectivity index (χ3n) is 3.34. The van der Waals surface area contributed by atoms with Crippen molar-refractivity contribution in [3.05, 3.63) is 30.2 Å². The minimum atomic E-state index is 0.593. The molecule has 0 aliphatic heterocycles. The zero-order chi connectivity index (χ0) is 12.5. The summed E-state index contributed by atoms with van der Waals surface area (Å²) >= 11 is 0. The standard InChI is InChI=1S/C14H17N3O/c1-3-15-13-6-7-16-14(17-13)12-5-4-11(18-12)10-8-9(10)2/h4-7,9-10H,3,8H2,1-2H3,(H,15,16,17). The van der Waals surface area contributed by atoms with Crippen LogP contribution in [0.5, 0.6) is 0 Å². The van der Waals surface area contributed by atoms with Crippen LogP contribution in [0.25, 0.3) is 11.6 Å². The summed E-state index contributed by atoms with van der Waals surface area (Å²) in [7, 11) is 0.